The summed E-state index contributed by atoms with van der Waals surface area (Å²) in [7, 11) is 1.80. The largest absolute Gasteiger partial charge is 0.343 e. The van der Waals surface area contributed by atoms with Gasteiger partial charge in [0.1, 0.15) is 0 Å². The molecule has 0 N–H and O–H groups in total. The summed E-state index contributed by atoms with van der Waals surface area (Å²) in [5.74, 6) is -0.128. The molecule has 1 fully saturated rings. The minimum absolute atomic E-state index is 0.0368. The number of hydrogen-bond acceptors (Lipinski definition) is 2. The molecule has 4 heteroatoms. The lowest BCUT2D eigenvalue weighted by Crippen LogP contribution is -2.38. The Morgan fingerprint density at radius 2 is 1.95 bits per heavy atom. The topological polar surface area (TPSA) is 40.6 Å². The summed E-state index contributed by atoms with van der Waals surface area (Å²) < 4.78 is 0. The predicted octanol–water partition coefficient (Wildman–Crippen LogP) is 2.47. The lowest BCUT2D eigenvalue weighted by Gasteiger charge is -2.24. The van der Waals surface area contributed by atoms with Gasteiger partial charge >= 0.3 is 0 Å². The molecule has 0 spiro atoms. The van der Waals surface area contributed by atoms with Crippen molar-refractivity contribution in [3.8, 4) is 0 Å². The van der Waals surface area contributed by atoms with Crippen LogP contribution in [-0.4, -0.2) is 36.3 Å². The molecule has 21 heavy (non-hydrogen) atoms. The Kier molecular flexibility index (Phi) is 4.66. The van der Waals surface area contributed by atoms with Crippen LogP contribution in [0.2, 0.25) is 0 Å². The molecule has 2 rings (SSSR count). The molecule has 0 bridgehead atoms. The third-order valence-corrected chi connectivity index (χ3v) is 4.25. The molecule has 1 aliphatic rings. The highest BCUT2D eigenvalue weighted by Crippen LogP contribution is 2.26. The van der Waals surface area contributed by atoms with Crippen molar-refractivity contribution < 1.29 is 9.59 Å². The Hall–Kier alpha value is -1.84. The molecule has 0 saturated carbocycles. The fourth-order valence-corrected chi connectivity index (χ4v) is 2.58. The van der Waals surface area contributed by atoms with Gasteiger partial charge in [-0.15, -0.1) is 0 Å². The summed E-state index contributed by atoms with van der Waals surface area (Å²) in [6.45, 7) is 6.55. The van der Waals surface area contributed by atoms with Gasteiger partial charge in [0, 0.05) is 31.7 Å². The zero-order chi connectivity index (χ0) is 15.6. The molecule has 1 heterocycles. The van der Waals surface area contributed by atoms with E-state index >= 15 is 0 Å². The SMILES string of the molecule is CCc1ccc(N2C[C@@H](C(=O)N(C)C(C)C)CC2=O)cc1. The van der Waals surface area contributed by atoms with E-state index in [9.17, 15) is 9.59 Å². The van der Waals surface area contributed by atoms with Crippen molar-refractivity contribution in [1.82, 2.24) is 4.90 Å². The van der Waals surface area contributed by atoms with Crippen LogP contribution in [0.15, 0.2) is 24.3 Å². The smallest absolute Gasteiger partial charge is 0.227 e. The minimum atomic E-state index is -0.226. The summed E-state index contributed by atoms with van der Waals surface area (Å²) >= 11 is 0. The number of carbonyl (C=O) groups excluding carboxylic acids is 2. The number of rotatable bonds is 4. The summed E-state index contributed by atoms with van der Waals surface area (Å²) in [5, 5.41) is 0. The van der Waals surface area contributed by atoms with Crippen molar-refractivity contribution in [3.63, 3.8) is 0 Å². The van der Waals surface area contributed by atoms with Crippen molar-refractivity contribution in [3.05, 3.63) is 29.8 Å². The monoisotopic (exact) mass is 288 g/mol. The highest BCUT2D eigenvalue weighted by molar-refractivity contribution is 6.00. The molecule has 0 radical (unpaired) electrons. The van der Waals surface area contributed by atoms with Gasteiger partial charge in [0.25, 0.3) is 0 Å². The van der Waals surface area contributed by atoms with E-state index in [4.69, 9.17) is 0 Å². The molecule has 1 saturated heterocycles. The molecule has 1 aromatic rings. The van der Waals surface area contributed by atoms with E-state index in [1.165, 1.54) is 5.56 Å². The van der Waals surface area contributed by atoms with E-state index < -0.39 is 0 Å². The molecule has 0 aromatic heterocycles. The number of anilines is 1. The first kappa shape index (κ1) is 15.5. The van der Waals surface area contributed by atoms with Gasteiger partial charge in [-0.1, -0.05) is 19.1 Å². The molecule has 114 valence electrons. The molecule has 0 unspecified atom stereocenters. The van der Waals surface area contributed by atoms with E-state index in [-0.39, 0.29) is 23.8 Å². The average molecular weight is 288 g/mol. The van der Waals surface area contributed by atoms with Gasteiger partial charge in [-0.25, -0.2) is 0 Å². The molecular weight excluding hydrogens is 264 g/mol. The van der Waals surface area contributed by atoms with Gasteiger partial charge in [-0.2, -0.15) is 0 Å². The quantitative estimate of drug-likeness (QED) is 0.854. The zero-order valence-corrected chi connectivity index (χ0v) is 13.3. The number of aryl methyl sites for hydroxylation is 1. The molecule has 4 nitrogen and oxygen atoms in total. The number of benzene rings is 1. The fourth-order valence-electron chi connectivity index (χ4n) is 2.58. The Morgan fingerprint density at radius 3 is 2.48 bits per heavy atom. The standard InChI is InChI=1S/C17H24N2O2/c1-5-13-6-8-15(9-7-13)19-11-14(10-16(19)20)17(21)18(4)12(2)3/h6-9,12,14H,5,10-11H2,1-4H3/t14-/m0/s1. The molecule has 0 aliphatic carbocycles. The lowest BCUT2D eigenvalue weighted by atomic mass is 10.1. The van der Waals surface area contributed by atoms with E-state index in [2.05, 4.69) is 6.92 Å². The van der Waals surface area contributed by atoms with Crippen LogP contribution in [0.5, 0.6) is 0 Å². The first-order valence-corrected chi connectivity index (χ1v) is 7.60. The van der Waals surface area contributed by atoms with E-state index in [1.54, 1.807) is 16.8 Å². The summed E-state index contributed by atoms with van der Waals surface area (Å²) in [4.78, 5) is 28.0. The third-order valence-electron chi connectivity index (χ3n) is 4.25. The van der Waals surface area contributed by atoms with Crippen LogP contribution in [0.1, 0.15) is 32.8 Å². The van der Waals surface area contributed by atoms with Crippen LogP contribution in [0.3, 0.4) is 0 Å². The van der Waals surface area contributed by atoms with Crippen molar-refractivity contribution in [2.75, 3.05) is 18.5 Å². The van der Waals surface area contributed by atoms with Gasteiger partial charge in [0.15, 0.2) is 0 Å². The first-order valence-electron chi connectivity index (χ1n) is 7.60. The Morgan fingerprint density at radius 1 is 1.33 bits per heavy atom. The second-order valence-corrected chi connectivity index (χ2v) is 5.97. The van der Waals surface area contributed by atoms with Gasteiger partial charge < -0.3 is 9.80 Å². The predicted molar refractivity (Wildman–Crippen MR) is 84.2 cm³/mol. The molecular formula is C17H24N2O2. The zero-order valence-electron chi connectivity index (χ0n) is 13.3. The first-order chi connectivity index (χ1) is 9.93. The van der Waals surface area contributed by atoms with Crippen LogP contribution in [0.25, 0.3) is 0 Å². The molecule has 1 aliphatic heterocycles. The summed E-state index contributed by atoms with van der Waals surface area (Å²) in [6, 6.07) is 8.17. The van der Waals surface area contributed by atoms with Crippen LogP contribution >= 0.6 is 0 Å². The molecule has 1 aromatic carbocycles. The van der Waals surface area contributed by atoms with Gasteiger partial charge in [0.05, 0.1) is 5.92 Å². The Bertz CT molecular complexity index is 522. The summed E-state index contributed by atoms with van der Waals surface area (Å²) in [5.41, 5.74) is 2.14. The van der Waals surface area contributed by atoms with Crippen molar-refractivity contribution >= 4 is 17.5 Å². The third kappa shape index (κ3) is 3.26. The lowest BCUT2D eigenvalue weighted by molar-refractivity contribution is -0.135. The second kappa shape index (κ2) is 6.29. The van der Waals surface area contributed by atoms with Crippen LogP contribution < -0.4 is 4.90 Å². The van der Waals surface area contributed by atoms with Crippen LogP contribution in [0, 0.1) is 5.92 Å². The van der Waals surface area contributed by atoms with Gasteiger partial charge in [-0.3, -0.25) is 9.59 Å². The second-order valence-electron chi connectivity index (χ2n) is 5.97. The number of carbonyl (C=O) groups is 2. The van der Waals surface area contributed by atoms with Crippen LogP contribution in [-0.2, 0) is 16.0 Å². The fraction of sp³-hybridized carbons (Fsp3) is 0.529. The van der Waals surface area contributed by atoms with Crippen molar-refractivity contribution in [1.29, 1.82) is 0 Å². The maximum atomic E-state index is 12.4. The summed E-state index contributed by atoms with van der Waals surface area (Å²) in [6.07, 6.45) is 1.29. The van der Waals surface area contributed by atoms with Gasteiger partial charge in [-0.05, 0) is 38.0 Å². The van der Waals surface area contributed by atoms with Crippen LogP contribution in [0.4, 0.5) is 5.69 Å². The molecule has 2 amide bonds. The number of nitrogens with zero attached hydrogens (tertiary/aromatic N) is 2. The Balaban J connectivity index is 2.10. The van der Waals surface area contributed by atoms with Crippen molar-refractivity contribution in [2.24, 2.45) is 5.92 Å². The maximum Gasteiger partial charge on any atom is 0.227 e. The maximum absolute atomic E-state index is 12.4. The number of hydrogen-bond donors (Lipinski definition) is 0. The highest BCUT2D eigenvalue weighted by atomic mass is 16.2. The Labute approximate surface area is 126 Å². The van der Waals surface area contributed by atoms with E-state index in [1.807, 2.05) is 38.1 Å². The molecule has 1 atom stereocenters. The van der Waals surface area contributed by atoms with Crippen molar-refractivity contribution in [2.45, 2.75) is 39.7 Å². The normalized spacial score (nSPS) is 18.4. The number of amides is 2. The van der Waals surface area contributed by atoms with Gasteiger partial charge in [0.2, 0.25) is 11.8 Å². The minimum Gasteiger partial charge on any atom is -0.343 e. The van der Waals surface area contributed by atoms with E-state index in [0.717, 1.165) is 12.1 Å². The van der Waals surface area contributed by atoms with E-state index in [0.29, 0.717) is 13.0 Å². The highest BCUT2D eigenvalue weighted by Gasteiger charge is 2.36. The average Bonchev–Trinajstić information content (AvgIpc) is 2.87.